The van der Waals surface area contributed by atoms with E-state index < -0.39 is 0 Å². The van der Waals surface area contributed by atoms with Gasteiger partial charge in [-0.25, -0.2) is 0 Å². The Kier molecular flexibility index (Phi) is 5.31. The van der Waals surface area contributed by atoms with Crippen LogP contribution in [-0.2, 0) is 11.3 Å². The molecule has 0 aromatic carbocycles. The quantitative estimate of drug-likeness (QED) is 0.887. The summed E-state index contributed by atoms with van der Waals surface area (Å²) in [6, 6.07) is 8.95. The fourth-order valence-electron chi connectivity index (χ4n) is 2.84. The summed E-state index contributed by atoms with van der Waals surface area (Å²) in [7, 11) is 0. The number of hydrogen-bond donors (Lipinski definition) is 1. The molecule has 1 saturated heterocycles. The van der Waals surface area contributed by atoms with Crippen molar-refractivity contribution in [2.24, 2.45) is 0 Å². The second kappa shape index (κ2) is 7.42. The lowest BCUT2D eigenvalue weighted by molar-refractivity contribution is 0.0167. The smallest absolute Gasteiger partial charge is 0.117 e. The Morgan fingerprint density at radius 3 is 2.64 bits per heavy atom. The van der Waals surface area contributed by atoms with E-state index in [0.29, 0.717) is 6.04 Å². The van der Waals surface area contributed by atoms with Crippen LogP contribution >= 0.6 is 11.3 Å². The first-order valence-corrected chi connectivity index (χ1v) is 8.68. The number of nitrogens with zero attached hydrogens (tertiary/aromatic N) is 1. The zero-order chi connectivity index (χ0) is 15.4. The Hall–Kier alpha value is -1.14. The standard InChI is InChI=1S/C17H24N2O2S/c1-13-3-5-15(21-13)11-18-12-16(17-6-4-14(2)22-17)19-7-9-20-10-8-19/h3-6,16,18H,7-12H2,1-2H3. The van der Waals surface area contributed by atoms with Gasteiger partial charge in [0.2, 0.25) is 0 Å². The van der Waals surface area contributed by atoms with Crippen molar-refractivity contribution in [2.45, 2.75) is 26.4 Å². The maximum atomic E-state index is 5.63. The number of aryl methyl sites for hydroxylation is 2. The van der Waals surface area contributed by atoms with Crippen LogP contribution in [0.15, 0.2) is 28.7 Å². The predicted molar refractivity (Wildman–Crippen MR) is 89.3 cm³/mol. The van der Waals surface area contributed by atoms with Crippen molar-refractivity contribution >= 4 is 11.3 Å². The lowest BCUT2D eigenvalue weighted by Gasteiger charge is -2.34. The van der Waals surface area contributed by atoms with Crippen LogP contribution < -0.4 is 5.32 Å². The number of ether oxygens (including phenoxy) is 1. The molecule has 0 saturated carbocycles. The highest BCUT2D eigenvalue weighted by atomic mass is 32.1. The lowest BCUT2D eigenvalue weighted by atomic mass is 10.2. The van der Waals surface area contributed by atoms with Crippen molar-refractivity contribution in [3.05, 3.63) is 45.5 Å². The summed E-state index contributed by atoms with van der Waals surface area (Å²) in [6.07, 6.45) is 0. The minimum absolute atomic E-state index is 0.415. The average molecular weight is 320 g/mol. The Morgan fingerprint density at radius 1 is 1.18 bits per heavy atom. The van der Waals surface area contributed by atoms with Gasteiger partial charge in [-0.15, -0.1) is 11.3 Å². The van der Waals surface area contributed by atoms with E-state index in [9.17, 15) is 0 Å². The van der Waals surface area contributed by atoms with Crippen LogP contribution in [0.3, 0.4) is 0 Å². The van der Waals surface area contributed by atoms with E-state index in [4.69, 9.17) is 9.15 Å². The zero-order valence-electron chi connectivity index (χ0n) is 13.3. The molecule has 1 unspecified atom stereocenters. The first-order chi connectivity index (χ1) is 10.7. The van der Waals surface area contributed by atoms with Crippen molar-refractivity contribution in [2.75, 3.05) is 32.8 Å². The third-order valence-corrected chi connectivity index (χ3v) is 5.11. The summed E-state index contributed by atoms with van der Waals surface area (Å²) < 4.78 is 11.1. The molecule has 0 bridgehead atoms. The van der Waals surface area contributed by atoms with Crippen molar-refractivity contribution < 1.29 is 9.15 Å². The van der Waals surface area contributed by atoms with Crippen LogP contribution in [-0.4, -0.2) is 37.7 Å². The molecule has 1 atom stereocenters. The molecule has 2 aromatic rings. The second-order valence-electron chi connectivity index (χ2n) is 5.76. The number of morpholine rings is 1. The van der Waals surface area contributed by atoms with Crippen LogP contribution in [0.25, 0.3) is 0 Å². The number of hydrogen-bond acceptors (Lipinski definition) is 5. The van der Waals surface area contributed by atoms with Gasteiger partial charge in [0.05, 0.1) is 25.8 Å². The third-order valence-electron chi connectivity index (χ3n) is 4.01. The van der Waals surface area contributed by atoms with Crippen LogP contribution in [0.4, 0.5) is 0 Å². The first-order valence-electron chi connectivity index (χ1n) is 7.86. The fourth-order valence-corrected chi connectivity index (χ4v) is 3.86. The third kappa shape index (κ3) is 3.98. The summed E-state index contributed by atoms with van der Waals surface area (Å²) in [4.78, 5) is 5.33. The van der Waals surface area contributed by atoms with Crippen molar-refractivity contribution in [1.29, 1.82) is 0 Å². The average Bonchev–Trinajstić information content (AvgIpc) is 3.13. The van der Waals surface area contributed by atoms with E-state index in [1.807, 2.05) is 30.4 Å². The molecule has 1 aliphatic rings. The summed E-state index contributed by atoms with van der Waals surface area (Å²) >= 11 is 1.89. The van der Waals surface area contributed by atoms with Gasteiger partial charge < -0.3 is 14.5 Å². The molecule has 2 aromatic heterocycles. The van der Waals surface area contributed by atoms with Gasteiger partial charge in [0.1, 0.15) is 11.5 Å². The number of furan rings is 1. The highest BCUT2D eigenvalue weighted by Gasteiger charge is 2.23. The maximum absolute atomic E-state index is 5.63. The lowest BCUT2D eigenvalue weighted by Crippen LogP contribution is -2.42. The van der Waals surface area contributed by atoms with Gasteiger partial charge in [0.15, 0.2) is 0 Å². The molecule has 1 fully saturated rings. The van der Waals surface area contributed by atoms with Crippen LogP contribution in [0.2, 0.25) is 0 Å². The molecule has 1 aliphatic heterocycles. The molecule has 0 amide bonds. The van der Waals surface area contributed by atoms with Crippen LogP contribution in [0.1, 0.15) is 27.3 Å². The summed E-state index contributed by atoms with van der Waals surface area (Å²) in [5.41, 5.74) is 0. The van der Waals surface area contributed by atoms with Crippen LogP contribution in [0, 0.1) is 13.8 Å². The van der Waals surface area contributed by atoms with Gasteiger partial charge in [0.25, 0.3) is 0 Å². The molecule has 0 aliphatic carbocycles. The van der Waals surface area contributed by atoms with Gasteiger partial charge in [-0.1, -0.05) is 0 Å². The Balaban J connectivity index is 1.62. The Bertz CT molecular complexity index is 587. The molecule has 22 heavy (non-hydrogen) atoms. The molecule has 0 spiro atoms. The maximum Gasteiger partial charge on any atom is 0.117 e. The number of rotatable bonds is 6. The van der Waals surface area contributed by atoms with Crippen molar-refractivity contribution in [3.63, 3.8) is 0 Å². The van der Waals surface area contributed by atoms with Crippen molar-refractivity contribution in [1.82, 2.24) is 10.2 Å². The van der Waals surface area contributed by atoms with E-state index >= 15 is 0 Å². The van der Waals surface area contributed by atoms with E-state index in [2.05, 4.69) is 29.3 Å². The summed E-state index contributed by atoms with van der Waals surface area (Å²) in [5, 5.41) is 3.55. The molecule has 4 nitrogen and oxygen atoms in total. The molecular formula is C17H24N2O2S. The molecular weight excluding hydrogens is 296 g/mol. The zero-order valence-corrected chi connectivity index (χ0v) is 14.1. The Morgan fingerprint density at radius 2 is 2.00 bits per heavy atom. The topological polar surface area (TPSA) is 37.6 Å². The molecule has 3 heterocycles. The summed E-state index contributed by atoms with van der Waals surface area (Å²) in [5.74, 6) is 1.97. The molecule has 5 heteroatoms. The van der Waals surface area contributed by atoms with Crippen molar-refractivity contribution in [3.8, 4) is 0 Å². The van der Waals surface area contributed by atoms with Gasteiger partial charge >= 0.3 is 0 Å². The number of thiophene rings is 1. The normalized spacial score (nSPS) is 17.7. The fraction of sp³-hybridized carbons (Fsp3) is 0.529. The SMILES string of the molecule is Cc1ccc(CNCC(c2ccc(C)s2)N2CCOCC2)o1. The van der Waals surface area contributed by atoms with Gasteiger partial charge in [-0.05, 0) is 38.1 Å². The number of nitrogens with one attached hydrogen (secondary N) is 1. The first kappa shape index (κ1) is 15.7. The van der Waals surface area contributed by atoms with Gasteiger partial charge in [0, 0.05) is 29.4 Å². The van der Waals surface area contributed by atoms with E-state index in [1.54, 1.807) is 0 Å². The van der Waals surface area contributed by atoms with E-state index in [0.717, 1.165) is 50.9 Å². The minimum atomic E-state index is 0.415. The van der Waals surface area contributed by atoms with Gasteiger partial charge in [-0.3, -0.25) is 4.90 Å². The predicted octanol–water partition coefficient (Wildman–Crippen LogP) is 3.12. The van der Waals surface area contributed by atoms with Crippen LogP contribution in [0.5, 0.6) is 0 Å². The summed E-state index contributed by atoms with van der Waals surface area (Å²) in [6.45, 7) is 9.53. The molecule has 0 radical (unpaired) electrons. The largest absolute Gasteiger partial charge is 0.465 e. The monoisotopic (exact) mass is 320 g/mol. The highest BCUT2D eigenvalue weighted by Crippen LogP contribution is 2.28. The van der Waals surface area contributed by atoms with Gasteiger partial charge in [-0.2, -0.15) is 0 Å². The highest BCUT2D eigenvalue weighted by molar-refractivity contribution is 7.12. The Labute approximate surface area is 136 Å². The molecule has 120 valence electrons. The molecule has 1 N–H and O–H groups in total. The second-order valence-corrected chi connectivity index (χ2v) is 7.08. The van der Waals surface area contributed by atoms with E-state index in [-0.39, 0.29) is 0 Å². The molecule has 3 rings (SSSR count). The van der Waals surface area contributed by atoms with E-state index in [1.165, 1.54) is 9.75 Å². The minimum Gasteiger partial charge on any atom is -0.465 e.